The first kappa shape index (κ1) is 27.5. The molecule has 7 nitrogen and oxygen atoms in total. The molecule has 0 amide bonds. The molecule has 200 valence electrons. The van der Waals surface area contributed by atoms with Crippen LogP contribution in [-0.4, -0.2) is 54.3 Å². The molecule has 0 radical (unpaired) electrons. The largest absolute Gasteiger partial charge is 0.457 e. The van der Waals surface area contributed by atoms with Crippen LogP contribution < -0.4 is 0 Å². The first-order valence-electron chi connectivity index (χ1n) is 12.9. The number of carbonyl (C=O) groups is 2. The summed E-state index contributed by atoms with van der Waals surface area (Å²) in [6.45, 7) is 4.81. The van der Waals surface area contributed by atoms with Crippen molar-refractivity contribution in [1.82, 2.24) is 4.90 Å². The van der Waals surface area contributed by atoms with E-state index >= 15 is 0 Å². The Morgan fingerprint density at radius 1 is 0.711 bits per heavy atom. The molecule has 1 saturated heterocycles. The molecule has 0 aromatic heterocycles. The molecule has 0 N–H and O–H groups in total. The van der Waals surface area contributed by atoms with Crippen molar-refractivity contribution in [1.29, 1.82) is 0 Å². The Kier molecular flexibility index (Phi) is 10.0. The van der Waals surface area contributed by atoms with Crippen molar-refractivity contribution in [3.8, 4) is 0 Å². The first-order chi connectivity index (χ1) is 18.5. The number of esters is 2. The molecule has 1 aliphatic rings. The third-order valence-corrected chi connectivity index (χ3v) is 6.49. The van der Waals surface area contributed by atoms with Crippen molar-refractivity contribution in [3.05, 3.63) is 108 Å². The van der Waals surface area contributed by atoms with E-state index in [0.29, 0.717) is 26.3 Å². The molecule has 3 aromatic carbocycles. The van der Waals surface area contributed by atoms with Gasteiger partial charge in [-0.05, 0) is 16.7 Å². The molecule has 4 atom stereocenters. The van der Waals surface area contributed by atoms with E-state index in [4.69, 9.17) is 18.9 Å². The van der Waals surface area contributed by atoms with Crippen LogP contribution in [0.25, 0.3) is 0 Å². The number of ether oxygens (including phenoxy) is 4. The Morgan fingerprint density at radius 2 is 1.21 bits per heavy atom. The lowest BCUT2D eigenvalue weighted by atomic mass is 9.92. The van der Waals surface area contributed by atoms with Crippen molar-refractivity contribution in [2.45, 2.75) is 58.0 Å². The molecular weight excluding hydrogens is 482 g/mol. The highest BCUT2D eigenvalue weighted by atomic mass is 16.6. The van der Waals surface area contributed by atoms with Crippen LogP contribution in [0.3, 0.4) is 0 Å². The SMILES string of the molecule is CC(=O)O[C@@H]1[C@H](OC(C)=O)[C@@H](OCc2ccccc2)CN(Cc2ccccc2)[C@H]1COCc1ccccc1. The van der Waals surface area contributed by atoms with Gasteiger partial charge in [0, 0.05) is 26.9 Å². The molecule has 0 aliphatic carbocycles. The van der Waals surface area contributed by atoms with Crippen LogP contribution in [0.5, 0.6) is 0 Å². The van der Waals surface area contributed by atoms with Crippen molar-refractivity contribution in [3.63, 3.8) is 0 Å². The molecule has 4 rings (SSSR count). The predicted molar refractivity (Wildman–Crippen MR) is 143 cm³/mol. The smallest absolute Gasteiger partial charge is 0.303 e. The van der Waals surface area contributed by atoms with E-state index in [-0.39, 0.29) is 12.6 Å². The number of carbonyl (C=O) groups excluding carboxylic acids is 2. The lowest BCUT2D eigenvalue weighted by molar-refractivity contribution is -0.209. The van der Waals surface area contributed by atoms with Crippen molar-refractivity contribution < 1.29 is 28.5 Å². The summed E-state index contributed by atoms with van der Waals surface area (Å²) >= 11 is 0. The fourth-order valence-electron chi connectivity index (χ4n) is 4.78. The summed E-state index contributed by atoms with van der Waals surface area (Å²) in [7, 11) is 0. The van der Waals surface area contributed by atoms with E-state index in [1.807, 2.05) is 78.9 Å². The minimum Gasteiger partial charge on any atom is -0.457 e. The third-order valence-electron chi connectivity index (χ3n) is 6.49. The van der Waals surface area contributed by atoms with Gasteiger partial charge in [-0.25, -0.2) is 0 Å². The maximum absolute atomic E-state index is 12.3. The second-order valence-corrected chi connectivity index (χ2v) is 9.47. The number of hydrogen-bond donors (Lipinski definition) is 0. The zero-order valence-corrected chi connectivity index (χ0v) is 21.9. The fourth-order valence-corrected chi connectivity index (χ4v) is 4.78. The van der Waals surface area contributed by atoms with Crippen LogP contribution in [0.1, 0.15) is 30.5 Å². The van der Waals surface area contributed by atoms with E-state index in [0.717, 1.165) is 16.7 Å². The van der Waals surface area contributed by atoms with Crippen LogP contribution in [0, 0.1) is 0 Å². The lowest BCUT2D eigenvalue weighted by Gasteiger charge is -2.47. The summed E-state index contributed by atoms with van der Waals surface area (Å²) < 4.78 is 24.1. The van der Waals surface area contributed by atoms with Gasteiger partial charge in [0.2, 0.25) is 0 Å². The second-order valence-electron chi connectivity index (χ2n) is 9.47. The molecule has 1 aliphatic heterocycles. The Bertz CT molecular complexity index is 1140. The van der Waals surface area contributed by atoms with Gasteiger partial charge >= 0.3 is 11.9 Å². The maximum atomic E-state index is 12.3. The van der Waals surface area contributed by atoms with E-state index in [1.54, 1.807) is 0 Å². The molecule has 7 heteroatoms. The van der Waals surface area contributed by atoms with E-state index in [1.165, 1.54) is 13.8 Å². The van der Waals surface area contributed by atoms with Gasteiger partial charge in [0.25, 0.3) is 0 Å². The summed E-state index contributed by atoms with van der Waals surface area (Å²) in [4.78, 5) is 26.6. The molecule has 0 saturated carbocycles. The first-order valence-corrected chi connectivity index (χ1v) is 12.9. The predicted octanol–water partition coefficient (Wildman–Crippen LogP) is 4.54. The number of rotatable bonds is 11. The summed E-state index contributed by atoms with van der Waals surface area (Å²) in [5.74, 6) is -0.912. The highest BCUT2D eigenvalue weighted by Gasteiger charge is 2.48. The fraction of sp³-hybridized carbons (Fsp3) is 0.355. The van der Waals surface area contributed by atoms with Crippen LogP contribution in [0.2, 0.25) is 0 Å². The molecular formula is C31H35NO6. The van der Waals surface area contributed by atoms with Gasteiger partial charge in [0.05, 0.1) is 25.9 Å². The van der Waals surface area contributed by atoms with E-state index in [9.17, 15) is 9.59 Å². The van der Waals surface area contributed by atoms with E-state index < -0.39 is 30.3 Å². The number of piperidine rings is 1. The van der Waals surface area contributed by atoms with Crippen molar-refractivity contribution >= 4 is 11.9 Å². The molecule has 1 fully saturated rings. The number of benzene rings is 3. The lowest BCUT2D eigenvalue weighted by Crippen LogP contribution is -2.64. The minimum absolute atomic E-state index is 0.281. The quantitative estimate of drug-likeness (QED) is 0.346. The Hall–Kier alpha value is -3.52. The van der Waals surface area contributed by atoms with Gasteiger partial charge in [0.1, 0.15) is 6.10 Å². The Morgan fingerprint density at radius 3 is 1.76 bits per heavy atom. The highest BCUT2D eigenvalue weighted by molar-refractivity contribution is 5.67. The maximum Gasteiger partial charge on any atom is 0.303 e. The van der Waals surface area contributed by atoms with Gasteiger partial charge < -0.3 is 18.9 Å². The highest BCUT2D eigenvalue weighted by Crippen LogP contribution is 2.29. The Labute approximate surface area is 224 Å². The zero-order chi connectivity index (χ0) is 26.7. The van der Waals surface area contributed by atoms with Gasteiger partial charge in [-0.2, -0.15) is 0 Å². The Balaban J connectivity index is 1.61. The van der Waals surface area contributed by atoms with Gasteiger partial charge in [0.15, 0.2) is 12.2 Å². The van der Waals surface area contributed by atoms with Crippen LogP contribution in [0.15, 0.2) is 91.0 Å². The van der Waals surface area contributed by atoms with Crippen molar-refractivity contribution in [2.24, 2.45) is 0 Å². The van der Waals surface area contributed by atoms with Crippen LogP contribution >= 0.6 is 0 Å². The topological polar surface area (TPSA) is 74.3 Å². The summed E-state index contributed by atoms with van der Waals surface area (Å²) in [5.41, 5.74) is 3.15. The summed E-state index contributed by atoms with van der Waals surface area (Å²) in [6.07, 6.45) is -2.07. The standard InChI is InChI=1S/C31H35NO6/c1-23(33)37-30-28(22-35-20-26-14-8-4-9-15-26)32(18-25-12-6-3-7-13-25)19-29(31(30)38-24(2)34)36-21-27-16-10-5-11-17-27/h3-17,28-31H,18-22H2,1-2H3/t28-,29-,30-,31+/m0/s1. The molecule has 0 spiro atoms. The third kappa shape index (κ3) is 7.99. The second kappa shape index (κ2) is 13.9. The molecule has 3 aromatic rings. The van der Waals surface area contributed by atoms with Crippen LogP contribution in [0.4, 0.5) is 0 Å². The van der Waals surface area contributed by atoms with Gasteiger partial charge in [-0.1, -0.05) is 91.0 Å². The van der Waals surface area contributed by atoms with Gasteiger partial charge in [-0.3, -0.25) is 14.5 Å². The van der Waals surface area contributed by atoms with Crippen molar-refractivity contribution in [2.75, 3.05) is 13.2 Å². The minimum atomic E-state index is -0.780. The van der Waals surface area contributed by atoms with E-state index in [2.05, 4.69) is 17.0 Å². The average Bonchev–Trinajstić information content (AvgIpc) is 2.92. The normalized spacial score (nSPS) is 21.5. The zero-order valence-electron chi connectivity index (χ0n) is 21.9. The molecule has 0 bridgehead atoms. The molecule has 1 heterocycles. The average molecular weight is 518 g/mol. The van der Waals surface area contributed by atoms with Gasteiger partial charge in [-0.15, -0.1) is 0 Å². The number of nitrogens with zero attached hydrogens (tertiary/aromatic N) is 1. The number of likely N-dealkylation sites (tertiary alicyclic amines) is 1. The summed E-state index contributed by atoms with van der Waals surface area (Å²) in [5, 5.41) is 0. The molecule has 38 heavy (non-hydrogen) atoms. The summed E-state index contributed by atoms with van der Waals surface area (Å²) in [6, 6.07) is 29.4. The monoisotopic (exact) mass is 517 g/mol. The molecule has 0 unspecified atom stereocenters. The van der Waals surface area contributed by atoms with Crippen LogP contribution in [-0.2, 0) is 48.3 Å². The number of hydrogen-bond acceptors (Lipinski definition) is 7.